The quantitative estimate of drug-likeness (QED) is 0.756. The summed E-state index contributed by atoms with van der Waals surface area (Å²) in [5.41, 5.74) is 1.28. The van der Waals surface area contributed by atoms with Crippen LogP contribution in [0.3, 0.4) is 0 Å². The summed E-state index contributed by atoms with van der Waals surface area (Å²) in [6.45, 7) is 2.07. The summed E-state index contributed by atoms with van der Waals surface area (Å²) in [7, 11) is 3.07. The second kappa shape index (κ2) is 7.57. The van der Waals surface area contributed by atoms with Gasteiger partial charge in [0.05, 0.1) is 19.6 Å². The molecule has 1 heterocycles. The SMILES string of the molecule is COC(=O)C[C@@H]1[C@@H](C)[C@@H](OC)O[C@H]1CCc1ccccc1. The van der Waals surface area contributed by atoms with Crippen molar-refractivity contribution < 1.29 is 19.0 Å². The molecule has 2 rings (SSSR count). The number of hydrogen-bond acceptors (Lipinski definition) is 4. The molecule has 4 nitrogen and oxygen atoms in total. The number of esters is 1. The van der Waals surface area contributed by atoms with Gasteiger partial charge in [0.1, 0.15) is 0 Å². The molecule has 116 valence electrons. The van der Waals surface area contributed by atoms with Crippen molar-refractivity contribution in [3.8, 4) is 0 Å². The molecular weight excluding hydrogens is 268 g/mol. The van der Waals surface area contributed by atoms with E-state index in [9.17, 15) is 4.79 Å². The summed E-state index contributed by atoms with van der Waals surface area (Å²) >= 11 is 0. The summed E-state index contributed by atoms with van der Waals surface area (Å²) in [5, 5.41) is 0. The van der Waals surface area contributed by atoms with Gasteiger partial charge in [-0.3, -0.25) is 4.79 Å². The highest BCUT2D eigenvalue weighted by molar-refractivity contribution is 5.69. The first-order valence-electron chi connectivity index (χ1n) is 7.44. The largest absolute Gasteiger partial charge is 0.469 e. The summed E-state index contributed by atoms with van der Waals surface area (Å²) in [6.07, 6.45) is 2.00. The van der Waals surface area contributed by atoms with Crippen LogP contribution in [-0.2, 0) is 25.4 Å². The van der Waals surface area contributed by atoms with Crippen LogP contribution in [0.15, 0.2) is 30.3 Å². The fraction of sp³-hybridized carbons (Fsp3) is 0.588. The third-order valence-corrected chi connectivity index (χ3v) is 4.31. The van der Waals surface area contributed by atoms with Gasteiger partial charge >= 0.3 is 5.97 Å². The van der Waals surface area contributed by atoms with Crippen LogP contribution in [0, 0.1) is 11.8 Å². The summed E-state index contributed by atoms with van der Waals surface area (Å²) in [5.74, 6) is 0.151. The van der Waals surface area contributed by atoms with Gasteiger partial charge in [-0.1, -0.05) is 37.3 Å². The Hall–Kier alpha value is -1.39. The number of carbonyl (C=O) groups excluding carboxylic acids is 1. The van der Waals surface area contributed by atoms with E-state index in [0.717, 1.165) is 12.8 Å². The van der Waals surface area contributed by atoms with Crippen LogP contribution < -0.4 is 0 Å². The molecule has 1 fully saturated rings. The minimum absolute atomic E-state index is 0.0317. The zero-order valence-electron chi connectivity index (χ0n) is 13.0. The fourth-order valence-electron chi connectivity index (χ4n) is 3.04. The van der Waals surface area contributed by atoms with E-state index in [-0.39, 0.29) is 30.2 Å². The van der Waals surface area contributed by atoms with E-state index in [1.54, 1.807) is 7.11 Å². The maximum absolute atomic E-state index is 11.6. The summed E-state index contributed by atoms with van der Waals surface area (Å²) in [6, 6.07) is 10.3. The first-order chi connectivity index (χ1) is 10.2. The Morgan fingerprint density at radius 3 is 2.57 bits per heavy atom. The topological polar surface area (TPSA) is 44.8 Å². The predicted molar refractivity (Wildman–Crippen MR) is 79.7 cm³/mol. The van der Waals surface area contributed by atoms with Crippen molar-refractivity contribution in [3.63, 3.8) is 0 Å². The van der Waals surface area contributed by atoms with E-state index < -0.39 is 0 Å². The van der Waals surface area contributed by atoms with E-state index in [4.69, 9.17) is 14.2 Å². The van der Waals surface area contributed by atoms with Crippen molar-refractivity contribution in [2.24, 2.45) is 11.8 Å². The Bertz CT molecular complexity index is 445. The van der Waals surface area contributed by atoms with Gasteiger partial charge in [-0.15, -0.1) is 0 Å². The molecule has 4 atom stereocenters. The number of methoxy groups -OCH3 is 2. The van der Waals surface area contributed by atoms with Crippen LogP contribution in [0.2, 0.25) is 0 Å². The van der Waals surface area contributed by atoms with Gasteiger partial charge in [0, 0.05) is 18.9 Å². The lowest BCUT2D eigenvalue weighted by atomic mass is 9.86. The van der Waals surface area contributed by atoms with Gasteiger partial charge in [0.25, 0.3) is 0 Å². The minimum Gasteiger partial charge on any atom is -0.469 e. The molecule has 1 aliphatic heterocycles. The van der Waals surface area contributed by atoms with Crippen molar-refractivity contribution in [1.82, 2.24) is 0 Å². The number of hydrogen-bond donors (Lipinski definition) is 0. The van der Waals surface area contributed by atoms with Crippen LogP contribution in [-0.4, -0.2) is 32.6 Å². The number of rotatable bonds is 6. The Labute approximate surface area is 126 Å². The van der Waals surface area contributed by atoms with E-state index in [0.29, 0.717) is 6.42 Å². The van der Waals surface area contributed by atoms with E-state index in [1.807, 2.05) is 18.2 Å². The highest BCUT2D eigenvalue weighted by Crippen LogP contribution is 2.37. The number of benzene rings is 1. The van der Waals surface area contributed by atoms with Gasteiger partial charge in [-0.2, -0.15) is 0 Å². The Kier molecular flexibility index (Phi) is 5.76. The predicted octanol–water partition coefficient (Wildman–Crippen LogP) is 2.81. The molecule has 1 aromatic rings. The lowest BCUT2D eigenvalue weighted by Gasteiger charge is -2.19. The molecule has 0 bridgehead atoms. The smallest absolute Gasteiger partial charge is 0.305 e. The maximum atomic E-state index is 11.6. The van der Waals surface area contributed by atoms with Crippen molar-refractivity contribution in [2.45, 2.75) is 38.6 Å². The second-order valence-corrected chi connectivity index (χ2v) is 5.61. The van der Waals surface area contributed by atoms with Gasteiger partial charge in [-0.25, -0.2) is 0 Å². The zero-order chi connectivity index (χ0) is 15.2. The van der Waals surface area contributed by atoms with E-state index in [1.165, 1.54) is 12.7 Å². The average Bonchev–Trinajstić information content (AvgIpc) is 2.82. The summed E-state index contributed by atoms with van der Waals surface area (Å²) < 4.78 is 16.2. The van der Waals surface area contributed by atoms with Crippen molar-refractivity contribution in [3.05, 3.63) is 35.9 Å². The van der Waals surface area contributed by atoms with Crippen LogP contribution in [0.4, 0.5) is 0 Å². The van der Waals surface area contributed by atoms with Gasteiger partial charge < -0.3 is 14.2 Å². The third-order valence-electron chi connectivity index (χ3n) is 4.31. The van der Waals surface area contributed by atoms with Crippen molar-refractivity contribution in [2.75, 3.05) is 14.2 Å². The van der Waals surface area contributed by atoms with E-state index in [2.05, 4.69) is 19.1 Å². The van der Waals surface area contributed by atoms with Gasteiger partial charge in [-0.05, 0) is 18.4 Å². The molecule has 0 N–H and O–H groups in total. The first-order valence-corrected chi connectivity index (χ1v) is 7.44. The highest BCUT2D eigenvalue weighted by Gasteiger charge is 2.42. The molecule has 0 aliphatic carbocycles. The fourth-order valence-corrected chi connectivity index (χ4v) is 3.04. The maximum Gasteiger partial charge on any atom is 0.305 e. The molecule has 0 unspecified atom stereocenters. The molecule has 0 amide bonds. The molecule has 21 heavy (non-hydrogen) atoms. The molecular formula is C17H24O4. The number of aryl methyl sites for hydroxylation is 1. The van der Waals surface area contributed by atoms with Crippen LogP contribution in [0.1, 0.15) is 25.3 Å². The molecule has 0 spiro atoms. The number of carbonyl (C=O) groups is 1. The molecule has 1 saturated heterocycles. The monoisotopic (exact) mass is 292 g/mol. The Morgan fingerprint density at radius 2 is 1.95 bits per heavy atom. The zero-order valence-corrected chi connectivity index (χ0v) is 13.0. The third kappa shape index (κ3) is 4.05. The standard InChI is InChI=1S/C17H24O4/c1-12-14(11-16(18)19-2)15(21-17(12)20-3)10-9-13-7-5-4-6-8-13/h4-8,12,14-15,17H,9-11H2,1-3H3/t12-,14-,15+,17+/m1/s1. The Balaban J connectivity index is 1.99. The molecule has 1 aliphatic rings. The van der Waals surface area contributed by atoms with Gasteiger partial charge in [0.15, 0.2) is 6.29 Å². The Morgan fingerprint density at radius 1 is 1.24 bits per heavy atom. The second-order valence-electron chi connectivity index (χ2n) is 5.61. The van der Waals surface area contributed by atoms with Crippen molar-refractivity contribution in [1.29, 1.82) is 0 Å². The lowest BCUT2D eigenvalue weighted by molar-refractivity contribution is -0.142. The first kappa shape index (κ1) is 16.0. The molecule has 4 heteroatoms. The van der Waals surface area contributed by atoms with Crippen LogP contribution >= 0.6 is 0 Å². The van der Waals surface area contributed by atoms with Crippen LogP contribution in [0.5, 0.6) is 0 Å². The minimum atomic E-state index is -0.236. The lowest BCUT2D eigenvalue weighted by Crippen LogP contribution is -2.24. The summed E-state index contributed by atoms with van der Waals surface area (Å²) in [4.78, 5) is 11.6. The average molecular weight is 292 g/mol. The van der Waals surface area contributed by atoms with E-state index >= 15 is 0 Å². The molecule has 0 radical (unpaired) electrons. The molecule has 1 aromatic carbocycles. The molecule has 0 aromatic heterocycles. The van der Waals surface area contributed by atoms with Gasteiger partial charge in [0.2, 0.25) is 0 Å². The van der Waals surface area contributed by atoms with Crippen LogP contribution in [0.25, 0.3) is 0 Å². The number of ether oxygens (including phenoxy) is 3. The van der Waals surface area contributed by atoms with Crippen molar-refractivity contribution >= 4 is 5.97 Å². The highest BCUT2D eigenvalue weighted by atomic mass is 16.7. The molecule has 0 saturated carbocycles. The normalized spacial score (nSPS) is 28.5.